The van der Waals surface area contributed by atoms with Crippen molar-refractivity contribution in [3.63, 3.8) is 0 Å². The van der Waals surface area contributed by atoms with E-state index in [1.807, 2.05) is 0 Å². The van der Waals surface area contributed by atoms with Crippen LogP contribution in [0.5, 0.6) is 5.75 Å². The third kappa shape index (κ3) is 6.43. The van der Waals surface area contributed by atoms with Gasteiger partial charge in [0.2, 0.25) is 0 Å². The first kappa shape index (κ1) is 19.1. The molecule has 1 rings (SSSR count). The second-order valence-corrected chi connectivity index (χ2v) is 7.68. The number of alkyl halides is 3. The van der Waals surface area contributed by atoms with Crippen LogP contribution in [0.1, 0.15) is 38.8 Å². The molecule has 1 aromatic carbocycles. The number of halogens is 3. The third-order valence-electron chi connectivity index (χ3n) is 2.72. The van der Waals surface area contributed by atoms with Crippen LogP contribution in [0.15, 0.2) is 24.3 Å². The van der Waals surface area contributed by atoms with Gasteiger partial charge in [0.15, 0.2) is 0 Å². The normalized spacial score (nSPS) is 15.5. The van der Waals surface area contributed by atoms with Crippen molar-refractivity contribution in [1.29, 1.82) is 0 Å². The number of hydrogen-bond acceptors (Lipinski definition) is 4. The fraction of sp³-hybridized carbons (Fsp3) is 0.571. The van der Waals surface area contributed by atoms with E-state index < -0.39 is 28.5 Å². The van der Waals surface area contributed by atoms with Crippen molar-refractivity contribution in [3.8, 4) is 5.75 Å². The maximum atomic E-state index is 12.3. The van der Waals surface area contributed by atoms with Crippen molar-refractivity contribution >= 4 is 11.4 Å². The molecule has 0 saturated heterocycles. The van der Waals surface area contributed by atoms with Crippen molar-refractivity contribution in [3.05, 3.63) is 29.8 Å². The first-order valence-electron chi connectivity index (χ1n) is 6.67. The second kappa shape index (κ2) is 7.54. The first-order valence-corrected chi connectivity index (χ1v) is 7.82. The highest BCUT2D eigenvalue weighted by atomic mass is 32.2. The van der Waals surface area contributed by atoms with E-state index in [-0.39, 0.29) is 18.8 Å². The number of ether oxygens (including phenoxy) is 1. The molecule has 2 N–H and O–H groups in total. The molecule has 0 saturated carbocycles. The molecule has 0 spiro atoms. The Hall–Kier alpha value is -0.960. The number of hydrogen-bond donors (Lipinski definition) is 2. The monoisotopic (exact) mass is 339 g/mol. The lowest BCUT2D eigenvalue weighted by molar-refractivity contribution is -0.274. The number of aliphatic hydroxyl groups excluding tert-OH is 1. The minimum Gasteiger partial charge on any atom is -0.598 e. The maximum absolute atomic E-state index is 12.3. The van der Waals surface area contributed by atoms with Gasteiger partial charge < -0.3 is 14.4 Å². The fourth-order valence-electron chi connectivity index (χ4n) is 1.66. The van der Waals surface area contributed by atoms with Gasteiger partial charge >= 0.3 is 6.36 Å². The molecule has 0 aliphatic rings. The summed E-state index contributed by atoms with van der Waals surface area (Å²) < 4.78 is 55.1. The van der Waals surface area contributed by atoms with Crippen molar-refractivity contribution in [2.24, 2.45) is 0 Å². The van der Waals surface area contributed by atoms with Crippen molar-refractivity contribution in [2.45, 2.75) is 44.3 Å². The highest BCUT2D eigenvalue weighted by molar-refractivity contribution is 7.90. The van der Waals surface area contributed by atoms with E-state index in [4.69, 9.17) is 5.11 Å². The molecular formula is C14H20F3NO3S. The van der Waals surface area contributed by atoms with E-state index in [1.165, 1.54) is 18.2 Å². The minimum absolute atomic E-state index is 0.191. The van der Waals surface area contributed by atoms with Crippen LogP contribution in [0.4, 0.5) is 13.2 Å². The minimum atomic E-state index is -4.77. The Kier molecular flexibility index (Phi) is 6.54. The molecule has 0 heterocycles. The molecule has 2 atom stereocenters. The van der Waals surface area contributed by atoms with Crippen LogP contribution >= 0.6 is 0 Å². The molecule has 1 aromatic rings. The van der Waals surface area contributed by atoms with Gasteiger partial charge in [0, 0.05) is 18.0 Å². The molecule has 0 unspecified atom stereocenters. The summed E-state index contributed by atoms with van der Waals surface area (Å²) in [6, 6.07) is 4.88. The third-order valence-corrected chi connectivity index (χ3v) is 4.33. The topological polar surface area (TPSA) is 64.5 Å². The second-order valence-electron chi connectivity index (χ2n) is 5.68. The van der Waals surface area contributed by atoms with Crippen molar-refractivity contribution in [2.75, 3.05) is 6.61 Å². The number of aliphatic hydroxyl groups is 1. The lowest BCUT2D eigenvalue weighted by atomic mass is 10.1. The van der Waals surface area contributed by atoms with Crippen LogP contribution in [0.3, 0.4) is 0 Å². The molecule has 4 nitrogen and oxygen atoms in total. The van der Waals surface area contributed by atoms with Crippen LogP contribution in [0.2, 0.25) is 0 Å². The summed E-state index contributed by atoms with van der Waals surface area (Å²) in [6.45, 7) is 5.13. The zero-order chi connectivity index (χ0) is 17.0. The molecular weight excluding hydrogens is 319 g/mol. The smallest absolute Gasteiger partial charge is 0.573 e. The van der Waals surface area contributed by atoms with Gasteiger partial charge in [0.1, 0.15) is 10.5 Å². The highest BCUT2D eigenvalue weighted by Crippen LogP contribution is 2.28. The predicted molar refractivity (Wildman–Crippen MR) is 78.6 cm³/mol. The van der Waals surface area contributed by atoms with Crippen LogP contribution < -0.4 is 9.46 Å². The SMILES string of the molecule is CC(C)(C)[S@@+]([O-])N[C@@H](CCO)c1cccc(OC(F)(F)F)c1. The molecule has 0 aromatic heterocycles. The van der Waals surface area contributed by atoms with Gasteiger partial charge in [-0.15, -0.1) is 17.9 Å². The Morgan fingerprint density at radius 1 is 1.32 bits per heavy atom. The predicted octanol–water partition coefficient (Wildman–Crippen LogP) is 3.06. The molecule has 22 heavy (non-hydrogen) atoms. The molecule has 0 aliphatic carbocycles. The van der Waals surface area contributed by atoms with E-state index in [0.717, 1.165) is 0 Å². The van der Waals surface area contributed by atoms with E-state index >= 15 is 0 Å². The van der Waals surface area contributed by atoms with E-state index in [1.54, 1.807) is 26.8 Å². The van der Waals surface area contributed by atoms with Gasteiger partial charge in [-0.2, -0.15) is 0 Å². The Morgan fingerprint density at radius 3 is 2.45 bits per heavy atom. The summed E-state index contributed by atoms with van der Waals surface area (Å²) in [5.41, 5.74) is 0.466. The summed E-state index contributed by atoms with van der Waals surface area (Å²) >= 11 is -1.42. The Bertz CT molecular complexity index is 477. The average molecular weight is 339 g/mol. The number of nitrogens with one attached hydrogen (secondary N) is 1. The van der Waals surface area contributed by atoms with Gasteiger partial charge in [-0.05, 0) is 44.9 Å². The van der Waals surface area contributed by atoms with Gasteiger partial charge in [-0.1, -0.05) is 12.1 Å². The highest BCUT2D eigenvalue weighted by Gasteiger charge is 2.32. The van der Waals surface area contributed by atoms with Crippen LogP contribution in [-0.2, 0) is 11.4 Å². The number of benzene rings is 1. The van der Waals surface area contributed by atoms with Gasteiger partial charge in [-0.25, -0.2) is 0 Å². The summed E-state index contributed by atoms with van der Waals surface area (Å²) in [4.78, 5) is 0. The molecule has 0 bridgehead atoms. The lowest BCUT2D eigenvalue weighted by Crippen LogP contribution is -2.41. The molecule has 126 valence electrons. The Morgan fingerprint density at radius 2 is 1.95 bits per heavy atom. The van der Waals surface area contributed by atoms with Crippen LogP contribution in [0, 0.1) is 0 Å². The lowest BCUT2D eigenvalue weighted by Gasteiger charge is -2.28. The van der Waals surface area contributed by atoms with E-state index in [2.05, 4.69) is 9.46 Å². The zero-order valence-electron chi connectivity index (χ0n) is 12.6. The molecule has 0 fully saturated rings. The summed E-state index contributed by atoms with van der Waals surface area (Å²) in [6.07, 6.45) is -4.55. The summed E-state index contributed by atoms with van der Waals surface area (Å²) in [7, 11) is 0. The van der Waals surface area contributed by atoms with Gasteiger partial charge in [-0.3, -0.25) is 0 Å². The van der Waals surface area contributed by atoms with E-state index in [9.17, 15) is 17.7 Å². The average Bonchev–Trinajstić information content (AvgIpc) is 2.35. The Balaban J connectivity index is 2.94. The molecule has 0 radical (unpaired) electrons. The quantitative estimate of drug-likeness (QED) is 0.782. The Labute approximate surface area is 131 Å². The number of rotatable bonds is 6. The van der Waals surface area contributed by atoms with Crippen molar-refractivity contribution < 1.29 is 27.6 Å². The molecule has 8 heteroatoms. The fourth-order valence-corrected chi connectivity index (χ4v) is 2.52. The maximum Gasteiger partial charge on any atom is 0.573 e. The van der Waals surface area contributed by atoms with Crippen molar-refractivity contribution in [1.82, 2.24) is 4.72 Å². The molecule has 0 aliphatic heterocycles. The molecule has 0 amide bonds. The zero-order valence-corrected chi connectivity index (χ0v) is 13.4. The summed E-state index contributed by atoms with van der Waals surface area (Å²) in [5, 5.41) is 9.12. The van der Waals surface area contributed by atoms with Gasteiger partial charge in [0.25, 0.3) is 0 Å². The standard InChI is InChI=1S/C14H20F3NO3S/c1-13(2,3)22(20)18-12(7-8-19)10-5-4-6-11(9-10)21-14(15,16)17/h4-6,9,12,18-19H,7-8H2,1-3H3/t12-,22+/m0/s1. The summed E-state index contributed by atoms with van der Waals surface area (Å²) in [5.74, 6) is -0.351. The van der Waals surface area contributed by atoms with E-state index in [0.29, 0.717) is 5.56 Å². The van der Waals surface area contributed by atoms with Crippen LogP contribution in [0.25, 0.3) is 0 Å². The largest absolute Gasteiger partial charge is 0.598 e. The van der Waals surface area contributed by atoms with Gasteiger partial charge in [0.05, 0.1) is 6.04 Å². The van der Waals surface area contributed by atoms with Crippen LogP contribution in [-0.4, -0.2) is 27.4 Å². The first-order chi connectivity index (χ1) is 10.0.